The second-order valence-corrected chi connectivity index (χ2v) is 14.0. The van der Waals surface area contributed by atoms with Crippen LogP contribution in [0, 0.1) is 0 Å². The molecule has 0 aromatic heterocycles. The van der Waals surface area contributed by atoms with E-state index in [0.717, 1.165) is 60.5 Å². The Labute approximate surface area is 278 Å². The van der Waals surface area contributed by atoms with Crippen LogP contribution in [0.15, 0.2) is 103 Å². The zero-order valence-electron chi connectivity index (χ0n) is 27.8. The summed E-state index contributed by atoms with van der Waals surface area (Å²) in [6.07, 6.45) is -1.51. The average Bonchev–Trinajstić information content (AvgIpc) is 3.01. The fourth-order valence-corrected chi connectivity index (χ4v) is 6.24. The molecule has 0 unspecified atom stereocenters. The minimum Gasteiger partial charge on any atom is -0.457 e. The molecule has 1 heterocycles. The highest BCUT2D eigenvalue weighted by Gasteiger charge is 2.33. The Bertz CT molecular complexity index is 2120. The van der Waals surface area contributed by atoms with Gasteiger partial charge in [-0.2, -0.15) is 0 Å². The molecule has 0 saturated carbocycles. The van der Waals surface area contributed by atoms with Crippen molar-refractivity contribution < 1.29 is 33.3 Å². The second-order valence-electron chi connectivity index (χ2n) is 14.0. The molecule has 0 saturated heterocycles. The van der Waals surface area contributed by atoms with Crippen LogP contribution in [0.3, 0.4) is 0 Å². The zero-order chi connectivity index (χ0) is 33.8. The zero-order valence-corrected chi connectivity index (χ0v) is 27.8. The summed E-state index contributed by atoms with van der Waals surface area (Å²) in [6.45, 7) is 10.8. The number of hydrogen-bond acceptors (Lipinski definition) is 7. The lowest BCUT2D eigenvalue weighted by molar-refractivity contribution is 0.0193. The first kappa shape index (κ1) is 31.1. The van der Waals surface area contributed by atoms with Gasteiger partial charge in [0.1, 0.15) is 34.2 Å². The lowest BCUT2D eigenvalue weighted by Crippen LogP contribution is -2.25. The van der Waals surface area contributed by atoms with Crippen LogP contribution in [0.2, 0.25) is 0 Å². The molecule has 0 N–H and O–H groups in total. The molecule has 6 aromatic carbocycles. The Morgan fingerprint density at radius 3 is 1.52 bits per heavy atom. The van der Waals surface area contributed by atoms with Gasteiger partial charge in [-0.05, 0) is 116 Å². The van der Waals surface area contributed by atoms with Gasteiger partial charge in [-0.3, -0.25) is 0 Å². The normalized spacial score (nSPS) is 13.0. The average molecular weight is 641 g/mol. The first-order valence-corrected chi connectivity index (χ1v) is 15.9. The quantitative estimate of drug-likeness (QED) is 0.140. The second kappa shape index (κ2) is 11.6. The van der Waals surface area contributed by atoms with Gasteiger partial charge in [-0.25, -0.2) is 9.59 Å². The third-order valence-electron chi connectivity index (χ3n) is 8.07. The van der Waals surface area contributed by atoms with E-state index in [-0.39, 0.29) is 5.92 Å². The number of rotatable bonds is 3. The molecular weight excluding hydrogens is 604 g/mol. The van der Waals surface area contributed by atoms with Crippen molar-refractivity contribution in [3.63, 3.8) is 0 Å². The van der Waals surface area contributed by atoms with E-state index in [1.54, 1.807) is 53.7 Å². The largest absolute Gasteiger partial charge is 0.514 e. The molecule has 0 amide bonds. The Hall–Kier alpha value is -5.56. The fourth-order valence-electron chi connectivity index (χ4n) is 6.24. The Morgan fingerprint density at radius 1 is 0.542 bits per heavy atom. The predicted molar refractivity (Wildman–Crippen MR) is 187 cm³/mol. The molecule has 242 valence electrons. The highest BCUT2D eigenvalue weighted by molar-refractivity contribution is 5.97. The summed E-state index contributed by atoms with van der Waals surface area (Å²) < 4.78 is 28.4. The standard InChI is InChI=1S/C41H36O7/c1-40(2,3)47-38(42)44-29-15-17-31-26(22-29)13-19-33-36(31)35(28-12-11-24-9-7-8-10-25(24)21-28)37-32-18-16-30(45-39(43)48-41(4,5)6)23-27(32)14-20-34(37)46-33/h7-23,35H,1-6H3. The molecule has 1 aliphatic rings. The van der Waals surface area contributed by atoms with Gasteiger partial charge in [-0.15, -0.1) is 0 Å². The van der Waals surface area contributed by atoms with Crippen LogP contribution in [0.5, 0.6) is 23.0 Å². The van der Waals surface area contributed by atoms with E-state index in [2.05, 4.69) is 30.3 Å². The van der Waals surface area contributed by atoms with Crippen molar-refractivity contribution in [2.24, 2.45) is 0 Å². The van der Waals surface area contributed by atoms with Gasteiger partial charge < -0.3 is 23.7 Å². The van der Waals surface area contributed by atoms with E-state index in [1.165, 1.54) is 0 Å². The van der Waals surface area contributed by atoms with Crippen LogP contribution >= 0.6 is 0 Å². The Morgan fingerprint density at radius 2 is 1.02 bits per heavy atom. The molecule has 0 aliphatic carbocycles. The van der Waals surface area contributed by atoms with Crippen molar-refractivity contribution >= 4 is 44.6 Å². The molecule has 0 spiro atoms. The van der Waals surface area contributed by atoms with E-state index >= 15 is 0 Å². The van der Waals surface area contributed by atoms with Gasteiger partial charge >= 0.3 is 12.3 Å². The smallest absolute Gasteiger partial charge is 0.457 e. The van der Waals surface area contributed by atoms with Crippen molar-refractivity contribution in [3.05, 3.63) is 120 Å². The lowest BCUT2D eigenvalue weighted by atomic mass is 9.78. The van der Waals surface area contributed by atoms with Crippen molar-refractivity contribution in [2.75, 3.05) is 0 Å². The summed E-state index contributed by atoms with van der Waals surface area (Å²) in [5.74, 6) is 2.06. The highest BCUT2D eigenvalue weighted by Crippen LogP contribution is 2.53. The Kier molecular flexibility index (Phi) is 7.51. The molecule has 1 aliphatic heterocycles. The van der Waals surface area contributed by atoms with Gasteiger partial charge in [0, 0.05) is 17.0 Å². The Balaban J connectivity index is 1.37. The maximum absolute atomic E-state index is 12.4. The van der Waals surface area contributed by atoms with Crippen LogP contribution in [0.25, 0.3) is 32.3 Å². The van der Waals surface area contributed by atoms with E-state index in [0.29, 0.717) is 11.5 Å². The first-order valence-electron chi connectivity index (χ1n) is 15.9. The summed E-state index contributed by atoms with van der Waals surface area (Å²) >= 11 is 0. The molecule has 0 radical (unpaired) electrons. The summed E-state index contributed by atoms with van der Waals surface area (Å²) in [6, 6.07) is 33.9. The molecule has 48 heavy (non-hydrogen) atoms. The summed E-state index contributed by atoms with van der Waals surface area (Å²) in [7, 11) is 0. The SMILES string of the molecule is CC(C)(C)OC(=O)Oc1ccc2c3c(ccc2c1)Oc1ccc2cc(OC(=O)OC(C)(C)C)ccc2c1C3c1ccc2ccccc2c1. The van der Waals surface area contributed by atoms with Gasteiger partial charge in [0.25, 0.3) is 0 Å². The van der Waals surface area contributed by atoms with Gasteiger partial charge in [0.2, 0.25) is 0 Å². The van der Waals surface area contributed by atoms with E-state index < -0.39 is 23.5 Å². The molecule has 7 heteroatoms. The number of hydrogen-bond donors (Lipinski definition) is 0. The van der Waals surface area contributed by atoms with Crippen LogP contribution in [0.1, 0.15) is 64.2 Å². The topological polar surface area (TPSA) is 80.3 Å². The monoisotopic (exact) mass is 640 g/mol. The maximum atomic E-state index is 12.4. The third-order valence-corrected chi connectivity index (χ3v) is 8.07. The van der Waals surface area contributed by atoms with Gasteiger partial charge in [0.15, 0.2) is 0 Å². The lowest BCUT2D eigenvalue weighted by Gasteiger charge is -2.31. The predicted octanol–water partition coefficient (Wildman–Crippen LogP) is 11.1. The van der Waals surface area contributed by atoms with Crippen molar-refractivity contribution in [3.8, 4) is 23.0 Å². The summed E-state index contributed by atoms with van der Waals surface area (Å²) in [5, 5.41) is 6.00. The number of benzene rings is 6. The van der Waals surface area contributed by atoms with E-state index in [4.69, 9.17) is 23.7 Å². The van der Waals surface area contributed by atoms with Crippen LogP contribution in [-0.2, 0) is 9.47 Å². The highest BCUT2D eigenvalue weighted by atomic mass is 16.7. The summed E-state index contributed by atoms with van der Waals surface area (Å²) in [5.41, 5.74) is 1.76. The van der Waals surface area contributed by atoms with E-state index in [1.807, 2.05) is 60.7 Å². The molecule has 6 aromatic rings. The molecular formula is C41H36O7. The van der Waals surface area contributed by atoms with Crippen LogP contribution in [0.4, 0.5) is 9.59 Å². The number of fused-ring (bicyclic) bond motifs is 7. The third kappa shape index (κ3) is 6.24. The molecule has 0 bridgehead atoms. The van der Waals surface area contributed by atoms with Crippen molar-refractivity contribution in [2.45, 2.75) is 58.7 Å². The first-order chi connectivity index (χ1) is 22.8. The molecule has 0 fully saturated rings. The molecule has 0 atom stereocenters. The minimum atomic E-state index is -0.757. The van der Waals surface area contributed by atoms with Crippen molar-refractivity contribution in [1.82, 2.24) is 0 Å². The number of carbonyl (C=O) groups is 2. The maximum Gasteiger partial charge on any atom is 0.514 e. The van der Waals surface area contributed by atoms with E-state index in [9.17, 15) is 9.59 Å². The summed E-state index contributed by atoms with van der Waals surface area (Å²) in [4.78, 5) is 24.9. The minimum absolute atomic E-state index is 0.212. The number of ether oxygens (including phenoxy) is 5. The van der Waals surface area contributed by atoms with Crippen molar-refractivity contribution in [1.29, 1.82) is 0 Å². The van der Waals surface area contributed by atoms with Crippen LogP contribution in [-0.4, -0.2) is 23.5 Å². The number of carbonyl (C=O) groups excluding carboxylic acids is 2. The molecule has 7 nitrogen and oxygen atoms in total. The van der Waals surface area contributed by atoms with Crippen LogP contribution < -0.4 is 14.2 Å². The fraction of sp³-hybridized carbons (Fsp3) is 0.220. The van der Waals surface area contributed by atoms with Gasteiger partial charge in [-0.1, -0.05) is 66.7 Å². The molecule has 7 rings (SSSR count). The van der Waals surface area contributed by atoms with Gasteiger partial charge in [0.05, 0.1) is 0 Å².